The Morgan fingerprint density at radius 3 is 1.86 bits per heavy atom. The van der Waals surface area contributed by atoms with Gasteiger partial charge in [-0.2, -0.15) is 0 Å². The summed E-state index contributed by atoms with van der Waals surface area (Å²) in [6, 6.07) is 20.3. The Kier molecular flexibility index (Phi) is 7.30. The Morgan fingerprint density at radius 1 is 0.762 bits per heavy atom. The number of ether oxygens (including phenoxy) is 2. The van der Waals surface area contributed by atoms with Crippen LogP contribution >= 0.6 is 11.6 Å². The van der Waals surface area contributed by atoms with E-state index in [9.17, 15) is 0 Å². The molecular formula is C18H21ClO2. The second-order valence-electron chi connectivity index (χ2n) is 4.92. The van der Waals surface area contributed by atoms with Gasteiger partial charge >= 0.3 is 0 Å². The maximum absolute atomic E-state index is 6.22. The number of halogens is 1. The Labute approximate surface area is 131 Å². The van der Waals surface area contributed by atoms with Crippen LogP contribution in [0, 0.1) is 0 Å². The third-order valence-electron chi connectivity index (χ3n) is 3.10. The number of hydrogen-bond donors (Lipinski definition) is 0. The quantitative estimate of drug-likeness (QED) is 0.504. The van der Waals surface area contributed by atoms with Crippen molar-refractivity contribution in [3.8, 4) is 0 Å². The molecule has 0 bridgehead atoms. The molecule has 2 aromatic rings. The second kappa shape index (κ2) is 9.56. The SMILES string of the molecule is ClC(CCOCc1ccccc1)COCc1ccccc1. The highest BCUT2D eigenvalue weighted by Gasteiger charge is 2.05. The van der Waals surface area contributed by atoms with Gasteiger partial charge < -0.3 is 9.47 Å². The highest BCUT2D eigenvalue weighted by atomic mass is 35.5. The van der Waals surface area contributed by atoms with E-state index in [0.29, 0.717) is 26.4 Å². The summed E-state index contributed by atoms with van der Waals surface area (Å²) in [5.41, 5.74) is 2.35. The molecule has 3 heteroatoms. The molecule has 0 aromatic heterocycles. The molecule has 2 aromatic carbocycles. The number of rotatable bonds is 9. The standard InChI is InChI=1S/C18H21ClO2/c19-18(15-21-14-17-9-5-2-6-10-17)11-12-20-13-16-7-3-1-4-8-16/h1-10,18H,11-15H2. The lowest BCUT2D eigenvalue weighted by atomic mass is 10.2. The van der Waals surface area contributed by atoms with Crippen LogP contribution in [0.1, 0.15) is 17.5 Å². The maximum Gasteiger partial charge on any atom is 0.0717 e. The van der Waals surface area contributed by atoms with Crippen molar-refractivity contribution in [3.05, 3.63) is 71.8 Å². The molecule has 0 aliphatic heterocycles. The monoisotopic (exact) mass is 304 g/mol. The first-order chi connectivity index (χ1) is 10.3. The van der Waals surface area contributed by atoms with Gasteiger partial charge in [-0.05, 0) is 17.5 Å². The molecule has 1 atom stereocenters. The fraction of sp³-hybridized carbons (Fsp3) is 0.333. The molecule has 21 heavy (non-hydrogen) atoms. The molecule has 0 radical (unpaired) electrons. The highest BCUT2D eigenvalue weighted by molar-refractivity contribution is 6.20. The first-order valence-electron chi connectivity index (χ1n) is 7.22. The van der Waals surface area contributed by atoms with Crippen LogP contribution in [-0.2, 0) is 22.7 Å². The van der Waals surface area contributed by atoms with Crippen molar-refractivity contribution in [2.75, 3.05) is 13.2 Å². The average Bonchev–Trinajstić information content (AvgIpc) is 2.54. The van der Waals surface area contributed by atoms with Crippen molar-refractivity contribution in [3.63, 3.8) is 0 Å². The van der Waals surface area contributed by atoms with Gasteiger partial charge in [0.25, 0.3) is 0 Å². The van der Waals surface area contributed by atoms with E-state index >= 15 is 0 Å². The molecule has 0 fully saturated rings. The van der Waals surface area contributed by atoms with E-state index in [0.717, 1.165) is 6.42 Å². The first-order valence-corrected chi connectivity index (χ1v) is 7.65. The van der Waals surface area contributed by atoms with E-state index in [2.05, 4.69) is 12.1 Å². The van der Waals surface area contributed by atoms with Gasteiger partial charge in [-0.1, -0.05) is 60.7 Å². The van der Waals surface area contributed by atoms with Crippen molar-refractivity contribution in [2.45, 2.75) is 25.0 Å². The molecule has 0 heterocycles. The summed E-state index contributed by atoms with van der Waals surface area (Å²) in [4.78, 5) is 0. The summed E-state index contributed by atoms with van der Waals surface area (Å²) >= 11 is 6.22. The van der Waals surface area contributed by atoms with E-state index in [1.54, 1.807) is 0 Å². The Balaban J connectivity index is 1.52. The Hall–Kier alpha value is -1.35. The van der Waals surface area contributed by atoms with Gasteiger partial charge in [-0.3, -0.25) is 0 Å². The number of hydrogen-bond acceptors (Lipinski definition) is 2. The fourth-order valence-electron chi connectivity index (χ4n) is 1.94. The van der Waals surface area contributed by atoms with Gasteiger partial charge in [0, 0.05) is 6.61 Å². The molecule has 0 saturated carbocycles. The molecule has 0 amide bonds. The molecule has 1 unspecified atom stereocenters. The summed E-state index contributed by atoms with van der Waals surface area (Å²) in [5, 5.41) is -0.00974. The number of alkyl halides is 1. The average molecular weight is 305 g/mol. The molecule has 0 saturated heterocycles. The maximum atomic E-state index is 6.22. The fourth-order valence-corrected chi connectivity index (χ4v) is 2.12. The summed E-state index contributed by atoms with van der Waals surface area (Å²) < 4.78 is 11.2. The molecule has 112 valence electrons. The van der Waals surface area contributed by atoms with Crippen LogP contribution in [0.5, 0.6) is 0 Å². The highest BCUT2D eigenvalue weighted by Crippen LogP contribution is 2.08. The zero-order chi connectivity index (χ0) is 14.8. The van der Waals surface area contributed by atoms with Crippen molar-refractivity contribution in [1.82, 2.24) is 0 Å². The van der Waals surface area contributed by atoms with Crippen LogP contribution in [0.3, 0.4) is 0 Å². The predicted octanol–water partition coefficient (Wildman–Crippen LogP) is 4.42. The van der Waals surface area contributed by atoms with Crippen molar-refractivity contribution in [1.29, 1.82) is 0 Å². The van der Waals surface area contributed by atoms with Crippen molar-refractivity contribution >= 4 is 11.6 Å². The molecule has 0 N–H and O–H groups in total. The minimum Gasteiger partial charge on any atom is -0.377 e. The van der Waals surface area contributed by atoms with Crippen LogP contribution in [0.25, 0.3) is 0 Å². The van der Waals surface area contributed by atoms with Gasteiger partial charge in [0.05, 0.1) is 25.2 Å². The minimum absolute atomic E-state index is 0.00974. The number of benzene rings is 2. The molecule has 2 rings (SSSR count). The summed E-state index contributed by atoms with van der Waals surface area (Å²) in [6.45, 7) is 2.44. The van der Waals surface area contributed by atoms with Crippen molar-refractivity contribution in [2.24, 2.45) is 0 Å². The van der Waals surface area contributed by atoms with E-state index in [4.69, 9.17) is 21.1 Å². The molecular weight excluding hydrogens is 284 g/mol. The third kappa shape index (κ3) is 6.76. The van der Waals surface area contributed by atoms with E-state index in [1.807, 2.05) is 48.5 Å². The molecule has 0 aliphatic rings. The third-order valence-corrected chi connectivity index (χ3v) is 3.44. The van der Waals surface area contributed by atoms with Crippen LogP contribution in [0.2, 0.25) is 0 Å². The van der Waals surface area contributed by atoms with Gasteiger partial charge in [0.2, 0.25) is 0 Å². The Bertz CT molecular complexity index is 487. The minimum atomic E-state index is -0.00974. The van der Waals surface area contributed by atoms with Gasteiger partial charge in [-0.15, -0.1) is 11.6 Å². The van der Waals surface area contributed by atoms with Crippen LogP contribution in [0.4, 0.5) is 0 Å². The van der Waals surface area contributed by atoms with E-state index in [1.165, 1.54) is 11.1 Å². The van der Waals surface area contributed by atoms with Gasteiger partial charge in [0.1, 0.15) is 0 Å². The summed E-state index contributed by atoms with van der Waals surface area (Å²) in [6.07, 6.45) is 0.795. The van der Waals surface area contributed by atoms with Crippen molar-refractivity contribution < 1.29 is 9.47 Å². The van der Waals surface area contributed by atoms with Crippen LogP contribution in [-0.4, -0.2) is 18.6 Å². The molecule has 0 aliphatic carbocycles. The largest absolute Gasteiger partial charge is 0.377 e. The summed E-state index contributed by atoms with van der Waals surface area (Å²) in [5.74, 6) is 0. The van der Waals surface area contributed by atoms with Crippen LogP contribution in [0.15, 0.2) is 60.7 Å². The zero-order valence-corrected chi connectivity index (χ0v) is 12.8. The first kappa shape index (κ1) is 16.0. The molecule has 0 spiro atoms. The lowest BCUT2D eigenvalue weighted by Gasteiger charge is -2.11. The summed E-state index contributed by atoms with van der Waals surface area (Å²) in [7, 11) is 0. The lowest BCUT2D eigenvalue weighted by Crippen LogP contribution is -2.12. The van der Waals surface area contributed by atoms with E-state index in [-0.39, 0.29) is 5.38 Å². The zero-order valence-electron chi connectivity index (χ0n) is 12.1. The topological polar surface area (TPSA) is 18.5 Å². The smallest absolute Gasteiger partial charge is 0.0717 e. The lowest BCUT2D eigenvalue weighted by molar-refractivity contribution is 0.0919. The normalized spacial score (nSPS) is 12.2. The van der Waals surface area contributed by atoms with E-state index < -0.39 is 0 Å². The van der Waals surface area contributed by atoms with Gasteiger partial charge in [0.15, 0.2) is 0 Å². The molecule has 2 nitrogen and oxygen atoms in total. The van der Waals surface area contributed by atoms with Gasteiger partial charge in [-0.25, -0.2) is 0 Å². The van der Waals surface area contributed by atoms with Crippen LogP contribution < -0.4 is 0 Å². The Morgan fingerprint density at radius 2 is 1.29 bits per heavy atom. The predicted molar refractivity (Wildman–Crippen MR) is 86.5 cm³/mol. The second-order valence-corrected chi connectivity index (χ2v) is 5.54.